The fourth-order valence-electron chi connectivity index (χ4n) is 1.44. The summed E-state index contributed by atoms with van der Waals surface area (Å²) in [5.74, 6) is -0.424. The SMILES string of the molecule is CCOC(=O)C(C)=NNc1ccc2cn[nH]c2c1. The molecule has 0 aliphatic carbocycles. The Morgan fingerprint density at radius 2 is 2.39 bits per heavy atom. The Hall–Kier alpha value is -2.37. The number of aromatic amines is 1. The van der Waals surface area contributed by atoms with Gasteiger partial charge in [-0.25, -0.2) is 4.79 Å². The van der Waals surface area contributed by atoms with Crippen LogP contribution in [0, 0.1) is 0 Å². The zero-order valence-electron chi connectivity index (χ0n) is 10.2. The standard InChI is InChI=1S/C12H14N4O2/c1-3-18-12(17)8(2)14-15-10-5-4-9-7-13-16-11(9)6-10/h4-7,15H,3H2,1-2H3,(H,13,16). The van der Waals surface area contributed by atoms with Crippen molar-refractivity contribution in [3.63, 3.8) is 0 Å². The maximum Gasteiger partial charge on any atom is 0.354 e. The first-order chi connectivity index (χ1) is 8.70. The smallest absolute Gasteiger partial charge is 0.354 e. The summed E-state index contributed by atoms with van der Waals surface area (Å²) in [5, 5.41) is 11.8. The number of nitrogens with zero attached hydrogens (tertiary/aromatic N) is 2. The van der Waals surface area contributed by atoms with Gasteiger partial charge in [-0.1, -0.05) is 0 Å². The van der Waals surface area contributed by atoms with E-state index < -0.39 is 5.97 Å². The highest BCUT2D eigenvalue weighted by atomic mass is 16.5. The summed E-state index contributed by atoms with van der Waals surface area (Å²) in [6.45, 7) is 3.69. The zero-order valence-corrected chi connectivity index (χ0v) is 10.2. The number of carbonyl (C=O) groups is 1. The summed E-state index contributed by atoms with van der Waals surface area (Å²) >= 11 is 0. The third-order valence-corrected chi connectivity index (χ3v) is 2.37. The molecule has 0 saturated carbocycles. The molecule has 1 heterocycles. The van der Waals surface area contributed by atoms with Gasteiger partial charge in [-0.05, 0) is 32.0 Å². The number of H-pyrrole nitrogens is 1. The second-order valence-electron chi connectivity index (χ2n) is 3.70. The highest BCUT2D eigenvalue weighted by Gasteiger charge is 2.05. The zero-order chi connectivity index (χ0) is 13.0. The van der Waals surface area contributed by atoms with Crippen LogP contribution in [0.15, 0.2) is 29.5 Å². The van der Waals surface area contributed by atoms with Crippen LogP contribution >= 0.6 is 0 Å². The third kappa shape index (κ3) is 2.65. The van der Waals surface area contributed by atoms with Gasteiger partial charge >= 0.3 is 5.97 Å². The number of hydrogen-bond donors (Lipinski definition) is 2. The normalized spacial score (nSPS) is 11.6. The minimum Gasteiger partial charge on any atom is -0.461 e. The molecule has 2 aromatic rings. The van der Waals surface area contributed by atoms with Crippen LogP contribution in [-0.4, -0.2) is 28.5 Å². The molecule has 0 aliphatic heterocycles. The Kier molecular flexibility index (Phi) is 3.57. The lowest BCUT2D eigenvalue weighted by Gasteiger charge is -2.03. The lowest BCUT2D eigenvalue weighted by atomic mass is 10.2. The fourth-order valence-corrected chi connectivity index (χ4v) is 1.44. The Balaban J connectivity index is 2.09. The van der Waals surface area contributed by atoms with Gasteiger partial charge in [0.25, 0.3) is 0 Å². The number of anilines is 1. The first-order valence-corrected chi connectivity index (χ1v) is 5.61. The number of aromatic nitrogens is 2. The van der Waals surface area contributed by atoms with E-state index in [2.05, 4.69) is 20.7 Å². The molecule has 0 unspecified atom stereocenters. The molecule has 0 bridgehead atoms. The number of hydrogen-bond acceptors (Lipinski definition) is 5. The number of ether oxygens (including phenoxy) is 1. The number of benzene rings is 1. The van der Waals surface area contributed by atoms with Gasteiger partial charge in [0.05, 0.1) is 24.0 Å². The molecule has 6 nitrogen and oxygen atoms in total. The lowest BCUT2D eigenvalue weighted by molar-refractivity contribution is -0.135. The average Bonchev–Trinajstić information content (AvgIpc) is 2.83. The van der Waals surface area contributed by atoms with Crippen LogP contribution in [0.2, 0.25) is 0 Å². The topological polar surface area (TPSA) is 79.4 Å². The van der Waals surface area contributed by atoms with Gasteiger partial charge in [0, 0.05) is 5.39 Å². The fraction of sp³-hybridized carbons (Fsp3) is 0.250. The molecule has 0 spiro atoms. The molecule has 0 radical (unpaired) electrons. The maximum absolute atomic E-state index is 11.3. The molecule has 2 N–H and O–H groups in total. The summed E-state index contributed by atoms with van der Waals surface area (Å²) < 4.78 is 4.82. The monoisotopic (exact) mass is 246 g/mol. The quantitative estimate of drug-likeness (QED) is 0.490. The van der Waals surface area contributed by atoms with E-state index in [0.717, 1.165) is 16.6 Å². The average molecular weight is 246 g/mol. The summed E-state index contributed by atoms with van der Waals surface area (Å²) in [7, 11) is 0. The summed E-state index contributed by atoms with van der Waals surface area (Å²) in [6.07, 6.45) is 1.74. The van der Waals surface area contributed by atoms with Crippen molar-refractivity contribution in [2.24, 2.45) is 5.10 Å². The molecule has 6 heteroatoms. The summed E-state index contributed by atoms with van der Waals surface area (Å²) in [6, 6.07) is 5.64. The van der Waals surface area contributed by atoms with E-state index in [9.17, 15) is 4.79 Å². The van der Waals surface area contributed by atoms with E-state index in [1.54, 1.807) is 20.0 Å². The van der Waals surface area contributed by atoms with Crippen molar-refractivity contribution in [2.45, 2.75) is 13.8 Å². The highest BCUT2D eigenvalue weighted by molar-refractivity contribution is 6.35. The van der Waals surface area contributed by atoms with Crippen LogP contribution in [0.5, 0.6) is 0 Å². The minimum absolute atomic E-state index is 0.279. The number of carbonyl (C=O) groups excluding carboxylic acids is 1. The van der Waals surface area contributed by atoms with E-state index in [1.807, 2.05) is 18.2 Å². The Morgan fingerprint density at radius 3 is 3.17 bits per heavy atom. The molecule has 0 fully saturated rings. The molecule has 94 valence electrons. The van der Waals surface area contributed by atoms with Crippen LogP contribution in [0.25, 0.3) is 10.9 Å². The summed E-state index contributed by atoms with van der Waals surface area (Å²) in [4.78, 5) is 11.3. The van der Waals surface area contributed by atoms with Crippen LogP contribution in [0.1, 0.15) is 13.8 Å². The largest absolute Gasteiger partial charge is 0.461 e. The van der Waals surface area contributed by atoms with Crippen LogP contribution < -0.4 is 5.43 Å². The Labute approximate surface area is 104 Å². The predicted octanol–water partition coefficient (Wildman–Crippen LogP) is 1.91. The van der Waals surface area contributed by atoms with E-state index in [-0.39, 0.29) is 5.71 Å². The van der Waals surface area contributed by atoms with Crippen molar-refractivity contribution in [1.29, 1.82) is 0 Å². The van der Waals surface area contributed by atoms with E-state index in [1.165, 1.54) is 0 Å². The maximum atomic E-state index is 11.3. The molecule has 0 atom stereocenters. The second kappa shape index (κ2) is 5.31. The van der Waals surface area contributed by atoms with Gasteiger partial charge in [0.2, 0.25) is 0 Å². The van der Waals surface area contributed by atoms with Crippen LogP contribution in [0.4, 0.5) is 5.69 Å². The molecule has 0 amide bonds. The molecule has 1 aromatic heterocycles. The number of rotatable bonds is 4. The van der Waals surface area contributed by atoms with Gasteiger partial charge in [-0.15, -0.1) is 0 Å². The molecule has 18 heavy (non-hydrogen) atoms. The van der Waals surface area contributed by atoms with Gasteiger partial charge in [0.1, 0.15) is 5.71 Å². The molecule has 0 saturated heterocycles. The number of nitrogens with one attached hydrogen (secondary N) is 2. The van der Waals surface area contributed by atoms with Crippen LogP contribution in [0.3, 0.4) is 0 Å². The third-order valence-electron chi connectivity index (χ3n) is 2.37. The number of esters is 1. The first-order valence-electron chi connectivity index (χ1n) is 5.61. The molecule has 2 rings (SSSR count). The second-order valence-corrected chi connectivity index (χ2v) is 3.70. The van der Waals surface area contributed by atoms with Crippen molar-refractivity contribution >= 4 is 28.3 Å². The minimum atomic E-state index is -0.424. The van der Waals surface area contributed by atoms with E-state index in [4.69, 9.17) is 4.74 Å². The van der Waals surface area contributed by atoms with Gasteiger partial charge in [-0.2, -0.15) is 10.2 Å². The Bertz CT molecular complexity index is 589. The van der Waals surface area contributed by atoms with Crippen molar-refractivity contribution in [2.75, 3.05) is 12.0 Å². The lowest BCUT2D eigenvalue weighted by Crippen LogP contribution is -2.15. The van der Waals surface area contributed by atoms with Crippen molar-refractivity contribution in [3.8, 4) is 0 Å². The van der Waals surface area contributed by atoms with Crippen molar-refractivity contribution in [3.05, 3.63) is 24.4 Å². The van der Waals surface area contributed by atoms with Gasteiger partial charge in [-0.3, -0.25) is 10.5 Å². The van der Waals surface area contributed by atoms with Crippen LogP contribution in [-0.2, 0) is 9.53 Å². The Morgan fingerprint density at radius 1 is 1.56 bits per heavy atom. The molecular formula is C12H14N4O2. The van der Waals surface area contributed by atoms with E-state index >= 15 is 0 Å². The molecule has 0 aliphatic rings. The van der Waals surface area contributed by atoms with Crippen molar-refractivity contribution < 1.29 is 9.53 Å². The predicted molar refractivity (Wildman–Crippen MR) is 69.5 cm³/mol. The van der Waals surface area contributed by atoms with Crippen molar-refractivity contribution in [1.82, 2.24) is 10.2 Å². The molecule has 1 aromatic carbocycles. The van der Waals surface area contributed by atoms with E-state index in [0.29, 0.717) is 6.61 Å². The number of fused-ring (bicyclic) bond motifs is 1. The van der Waals surface area contributed by atoms with Gasteiger partial charge in [0.15, 0.2) is 0 Å². The molecular weight excluding hydrogens is 232 g/mol. The van der Waals surface area contributed by atoms with Gasteiger partial charge < -0.3 is 4.74 Å². The first kappa shape index (κ1) is 12.1. The highest BCUT2D eigenvalue weighted by Crippen LogP contribution is 2.16. The summed E-state index contributed by atoms with van der Waals surface area (Å²) in [5.41, 5.74) is 4.76. The number of hydrazone groups is 1.